The second-order valence-corrected chi connectivity index (χ2v) is 8.14. The molecule has 4 rings (SSSR count). The van der Waals surface area contributed by atoms with Gasteiger partial charge in [0.05, 0.1) is 11.2 Å². The minimum atomic E-state index is -0.697. The Bertz CT molecular complexity index is 1060. The molecule has 1 amide bonds. The van der Waals surface area contributed by atoms with Gasteiger partial charge in [0.1, 0.15) is 0 Å². The number of nitrogens with two attached hydrogens (primary N) is 1. The third kappa shape index (κ3) is 4.09. The van der Waals surface area contributed by atoms with Crippen LogP contribution in [0.5, 0.6) is 0 Å². The van der Waals surface area contributed by atoms with Gasteiger partial charge in [-0.25, -0.2) is 0 Å². The number of nitrogens with zero attached hydrogens (tertiary/aromatic N) is 4. The zero-order valence-electron chi connectivity index (χ0n) is 16.2. The van der Waals surface area contributed by atoms with E-state index in [0.29, 0.717) is 28.1 Å². The number of rotatable bonds is 7. The van der Waals surface area contributed by atoms with Crippen molar-refractivity contribution >= 4 is 23.4 Å². The second-order valence-electron chi connectivity index (χ2n) is 7.20. The highest BCUT2D eigenvalue weighted by molar-refractivity contribution is 7.98. The van der Waals surface area contributed by atoms with Gasteiger partial charge in [0.15, 0.2) is 10.9 Å². The molecule has 0 aliphatic heterocycles. The zero-order chi connectivity index (χ0) is 21.1. The summed E-state index contributed by atoms with van der Waals surface area (Å²) in [6.07, 6.45) is 7.18. The van der Waals surface area contributed by atoms with Crippen LogP contribution >= 0.6 is 11.8 Å². The maximum absolute atomic E-state index is 11.5. The summed E-state index contributed by atoms with van der Waals surface area (Å²) < 4.78 is 7.65. The van der Waals surface area contributed by atoms with Crippen molar-refractivity contribution in [1.29, 1.82) is 0 Å². The van der Waals surface area contributed by atoms with Gasteiger partial charge < -0.3 is 10.2 Å². The molecule has 0 unspecified atom stereocenters. The highest BCUT2D eigenvalue weighted by atomic mass is 32.2. The first kappa shape index (κ1) is 20.1. The van der Waals surface area contributed by atoms with E-state index in [2.05, 4.69) is 14.8 Å². The predicted octanol–water partition coefficient (Wildman–Crippen LogP) is 4.34. The zero-order valence-corrected chi connectivity index (χ0v) is 17.0. The molecule has 0 bridgehead atoms. The molecule has 0 spiro atoms. The number of furan rings is 1. The molecule has 0 saturated heterocycles. The molecule has 1 fully saturated rings. The molecule has 9 nitrogen and oxygen atoms in total. The van der Waals surface area contributed by atoms with Crippen LogP contribution in [0.25, 0.3) is 11.6 Å². The molecule has 1 saturated carbocycles. The lowest BCUT2D eigenvalue weighted by atomic mass is 9.95. The molecule has 1 aliphatic rings. The number of nitro groups is 1. The number of thioether (sulfide) groups is 1. The minimum Gasteiger partial charge on any atom is -0.461 e. The number of amides is 1. The molecule has 0 atom stereocenters. The molecule has 1 aromatic carbocycles. The van der Waals surface area contributed by atoms with E-state index in [0.717, 1.165) is 25.7 Å². The lowest BCUT2D eigenvalue weighted by Crippen LogP contribution is -2.15. The standard InChI is InChI=1S/C20H21N5O4S/c21-18(26)13-8-9-14(16(11-13)25(27)28)12-30-20-23-22-19(17-7-4-10-29-17)24(20)15-5-2-1-3-6-15/h4,7-11,15H,1-3,5-6,12H2,(H2,21,26). The smallest absolute Gasteiger partial charge is 0.274 e. The first-order valence-corrected chi connectivity index (χ1v) is 10.7. The Kier molecular flexibility index (Phi) is 5.84. The molecular weight excluding hydrogens is 406 g/mol. The number of aromatic nitrogens is 3. The van der Waals surface area contributed by atoms with E-state index in [1.165, 1.54) is 30.3 Å². The van der Waals surface area contributed by atoms with Gasteiger partial charge in [0, 0.05) is 29.0 Å². The van der Waals surface area contributed by atoms with E-state index in [4.69, 9.17) is 10.2 Å². The Hall–Kier alpha value is -3.14. The maximum Gasteiger partial charge on any atom is 0.274 e. The molecule has 10 heteroatoms. The van der Waals surface area contributed by atoms with Crippen molar-refractivity contribution < 1.29 is 14.1 Å². The van der Waals surface area contributed by atoms with Crippen LogP contribution in [0.15, 0.2) is 46.2 Å². The van der Waals surface area contributed by atoms with E-state index >= 15 is 0 Å². The molecule has 1 aliphatic carbocycles. The van der Waals surface area contributed by atoms with E-state index in [9.17, 15) is 14.9 Å². The number of hydrogen-bond acceptors (Lipinski definition) is 7. The SMILES string of the molecule is NC(=O)c1ccc(CSc2nnc(-c3ccco3)n2C2CCCCC2)c([N+](=O)[O-])c1. The van der Waals surface area contributed by atoms with Crippen molar-refractivity contribution in [3.05, 3.63) is 57.8 Å². The summed E-state index contributed by atoms with van der Waals surface area (Å²) in [5, 5.41) is 20.9. The van der Waals surface area contributed by atoms with Crippen LogP contribution in [0.2, 0.25) is 0 Å². The fraction of sp³-hybridized carbons (Fsp3) is 0.350. The predicted molar refractivity (Wildman–Crippen MR) is 111 cm³/mol. The Morgan fingerprint density at radius 3 is 2.73 bits per heavy atom. The van der Waals surface area contributed by atoms with Crippen molar-refractivity contribution in [1.82, 2.24) is 14.8 Å². The highest BCUT2D eigenvalue weighted by Crippen LogP contribution is 2.37. The maximum atomic E-state index is 11.5. The molecule has 3 aromatic rings. The first-order chi connectivity index (χ1) is 14.5. The van der Waals surface area contributed by atoms with E-state index < -0.39 is 10.8 Å². The normalized spacial score (nSPS) is 14.7. The second kappa shape index (κ2) is 8.70. The summed E-state index contributed by atoms with van der Waals surface area (Å²) in [7, 11) is 0. The Balaban J connectivity index is 1.64. The van der Waals surface area contributed by atoms with Crippen LogP contribution in [0.3, 0.4) is 0 Å². The van der Waals surface area contributed by atoms with Crippen molar-refractivity contribution in [3.8, 4) is 11.6 Å². The van der Waals surface area contributed by atoms with Gasteiger partial charge in [-0.1, -0.05) is 37.1 Å². The molecular formula is C20H21N5O4S. The fourth-order valence-corrected chi connectivity index (χ4v) is 4.77. The summed E-state index contributed by atoms with van der Waals surface area (Å²) in [4.78, 5) is 22.3. The summed E-state index contributed by atoms with van der Waals surface area (Å²) in [5.41, 5.74) is 5.73. The lowest BCUT2D eigenvalue weighted by Gasteiger charge is -2.25. The summed E-state index contributed by atoms with van der Waals surface area (Å²) in [6.45, 7) is 0. The van der Waals surface area contributed by atoms with Gasteiger partial charge >= 0.3 is 0 Å². The van der Waals surface area contributed by atoms with Crippen LogP contribution in [-0.4, -0.2) is 25.6 Å². The van der Waals surface area contributed by atoms with Gasteiger partial charge in [-0.3, -0.25) is 19.5 Å². The molecule has 2 N–H and O–H groups in total. The van der Waals surface area contributed by atoms with Crippen LogP contribution in [0.4, 0.5) is 5.69 Å². The van der Waals surface area contributed by atoms with Crippen LogP contribution < -0.4 is 5.73 Å². The number of carbonyl (C=O) groups is 1. The fourth-order valence-electron chi connectivity index (χ4n) is 3.77. The topological polar surface area (TPSA) is 130 Å². The minimum absolute atomic E-state index is 0.112. The van der Waals surface area contributed by atoms with Gasteiger partial charge in [-0.05, 0) is 31.0 Å². The Labute approximate surface area is 176 Å². The molecule has 0 radical (unpaired) electrons. The number of benzene rings is 1. The quantitative estimate of drug-likeness (QED) is 0.337. The summed E-state index contributed by atoms with van der Waals surface area (Å²) in [6, 6.07) is 8.23. The Morgan fingerprint density at radius 2 is 2.07 bits per heavy atom. The van der Waals surface area contributed by atoms with Crippen molar-refractivity contribution in [2.24, 2.45) is 5.73 Å². The molecule has 2 heterocycles. The number of hydrogen-bond donors (Lipinski definition) is 1. The first-order valence-electron chi connectivity index (χ1n) is 9.73. The van der Waals surface area contributed by atoms with E-state index in [1.807, 2.05) is 12.1 Å². The van der Waals surface area contributed by atoms with Crippen molar-refractivity contribution in [2.75, 3.05) is 0 Å². The molecule has 156 valence electrons. The average Bonchev–Trinajstić information content (AvgIpc) is 3.42. The monoisotopic (exact) mass is 427 g/mol. The van der Waals surface area contributed by atoms with E-state index in [1.54, 1.807) is 12.3 Å². The lowest BCUT2D eigenvalue weighted by molar-refractivity contribution is -0.385. The van der Waals surface area contributed by atoms with Gasteiger partial charge in [-0.2, -0.15) is 0 Å². The number of nitro benzene ring substituents is 1. The van der Waals surface area contributed by atoms with Crippen molar-refractivity contribution in [2.45, 2.75) is 49.1 Å². The van der Waals surface area contributed by atoms with Crippen LogP contribution in [-0.2, 0) is 5.75 Å². The molecule has 30 heavy (non-hydrogen) atoms. The average molecular weight is 427 g/mol. The molecule has 2 aromatic heterocycles. The van der Waals surface area contributed by atoms with E-state index in [-0.39, 0.29) is 17.3 Å². The van der Waals surface area contributed by atoms with Crippen molar-refractivity contribution in [3.63, 3.8) is 0 Å². The van der Waals surface area contributed by atoms with Crippen LogP contribution in [0.1, 0.15) is 54.1 Å². The van der Waals surface area contributed by atoms with Crippen LogP contribution in [0, 0.1) is 10.1 Å². The Morgan fingerprint density at radius 1 is 1.27 bits per heavy atom. The summed E-state index contributed by atoms with van der Waals surface area (Å²) in [5.74, 6) is 0.945. The van der Waals surface area contributed by atoms with Gasteiger partial charge in [0.25, 0.3) is 5.69 Å². The highest BCUT2D eigenvalue weighted by Gasteiger charge is 2.26. The largest absolute Gasteiger partial charge is 0.461 e. The number of primary amides is 1. The summed E-state index contributed by atoms with van der Waals surface area (Å²) >= 11 is 1.38. The van der Waals surface area contributed by atoms with Gasteiger partial charge in [0.2, 0.25) is 11.7 Å². The third-order valence-electron chi connectivity index (χ3n) is 5.27. The van der Waals surface area contributed by atoms with Gasteiger partial charge in [-0.15, -0.1) is 10.2 Å². The number of carbonyl (C=O) groups excluding carboxylic acids is 1. The third-order valence-corrected chi connectivity index (χ3v) is 6.26.